The third-order valence-corrected chi connectivity index (χ3v) is 5.14. The first-order chi connectivity index (χ1) is 10.6. The lowest BCUT2D eigenvalue weighted by Gasteiger charge is -2.06. The zero-order valence-electron chi connectivity index (χ0n) is 11.5. The number of hydrogen-bond donors (Lipinski definition) is 1. The molecule has 2 aromatic carbocycles. The standard InChI is InChI=1S/C16H11BrClNO2S/c1-21-13-8-9(6-10(17)15(13)20)7-11(18)16-19-12-4-2-3-5-14(12)22-16/h2-8,20H,1H3/b11-7-. The van der Waals surface area contributed by atoms with Crippen LogP contribution in [-0.2, 0) is 0 Å². The molecular formula is C16H11BrClNO2S. The van der Waals surface area contributed by atoms with Crippen LogP contribution in [0.5, 0.6) is 11.5 Å². The quantitative estimate of drug-likeness (QED) is 0.634. The number of benzene rings is 2. The van der Waals surface area contributed by atoms with E-state index >= 15 is 0 Å². The van der Waals surface area contributed by atoms with Gasteiger partial charge in [-0.25, -0.2) is 4.98 Å². The fourth-order valence-corrected chi connectivity index (χ4v) is 3.63. The van der Waals surface area contributed by atoms with Crippen LogP contribution in [0.1, 0.15) is 10.6 Å². The Morgan fingerprint density at radius 3 is 2.86 bits per heavy atom. The van der Waals surface area contributed by atoms with Gasteiger partial charge in [-0.1, -0.05) is 23.7 Å². The molecule has 1 heterocycles. The number of phenols is 1. The zero-order chi connectivity index (χ0) is 15.7. The molecule has 0 saturated carbocycles. The first-order valence-electron chi connectivity index (χ1n) is 6.38. The number of rotatable bonds is 3. The van der Waals surface area contributed by atoms with E-state index in [2.05, 4.69) is 20.9 Å². The number of phenolic OH excluding ortho intramolecular Hbond substituents is 1. The number of aromatic nitrogens is 1. The third-order valence-electron chi connectivity index (χ3n) is 3.06. The van der Waals surface area contributed by atoms with Crippen LogP contribution in [0.2, 0.25) is 0 Å². The topological polar surface area (TPSA) is 42.4 Å². The Morgan fingerprint density at radius 2 is 2.14 bits per heavy atom. The molecule has 0 saturated heterocycles. The van der Waals surface area contributed by atoms with E-state index in [-0.39, 0.29) is 5.75 Å². The summed E-state index contributed by atoms with van der Waals surface area (Å²) in [6, 6.07) is 11.4. The third kappa shape index (κ3) is 2.97. The highest BCUT2D eigenvalue weighted by Gasteiger charge is 2.10. The van der Waals surface area contributed by atoms with Crippen molar-refractivity contribution in [3.8, 4) is 11.5 Å². The van der Waals surface area contributed by atoms with Crippen LogP contribution in [-0.4, -0.2) is 17.2 Å². The molecule has 0 unspecified atom stereocenters. The summed E-state index contributed by atoms with van der Waals surface area (Å²) in [5.41, 5.74) is 1.74. The van der Waals surface area contributed by atoms with E-state index in [4.69, 9.17) is 16.3 Å². The highest BCUT2D eigenvalue weighted by atomic mass is 79.9. The molecule has 22 heavy (non-hydrogen) atoms. The van der Waals surface area contributed by atoms with Crippen LogP contribution < -0.4 is 4.74 Å². The normalized spacial score (nSPS) is 11.9. The van der Waals surface area contributed by atoms with Gasteiger partial charge in [-0.05, 0) is 51.8 Å². The molecule has 0 aliphatic carbocycles. The van der Waals surface area contributed by atoms with Crippen LogP contribution in [0, 0.1) is 0 Å². The Bertz CT molecular complexity index is 843. The van der Waals surface area contributed by atoms with Crippen molar-refractivity contribution in [2.45, 2.75) is 0 Å². The van der Waals surface area contributed by atoms with Crippen molar-refractivity contribution in [3.63, 3.8) is 0 Å². The van der Waals surface area contributed by atoms with Crippen LogP contribution in [0.3, 0.4) is 0 Å². The SMILES string of the molecule is COc1cc(/C=C(\Cl)c2nc3ccccc3s2)cc(Br)c1O. The average molecular weight is 397 g/mol. The lowest BCUT2D eigenvalue weighted by Crippen LogP contribution is -1.86. The van der Waals surface area contributed by atoms with Gasteiger partial charge in [0.25, 0.3) is 0 Å². The first kappa shape index (κ1) is 15.3. The number of methoxy groups -OCH3 is 1. The number of para-hydroxylation sites is 1. The molecule has 0 bridgehead atoms. The summed E-state index contributed by atoms with van der Waals surface area (Å²) in [4.78, 5) is 4.52. The predicted molar refractivity (Wildman–Crippen MR) is 95.7 cm³/mol. The highest BCUT2D eigenvalue weighted by molar-refractivity contribution is 9.10. The van der Waals surface area contributed by atoms with E-state index in [9.17, 15) is 5.11 Å². The maximum absolute atomic E-state index is 9.83. The molecule has 0 amide bonds. The van der Waals surface area contributed by atoms with Gasteiger partial charge in [-0.3, -0.25) is 0 Å². The van der Waals surface area contributed by atoms with Gasteiger partial charge in [0.05, 0.1) is 26.8 Å². The van der Waals surface area contributed by atoms with Gasteiger partial charge >= 0.3 is 0 Å². The van der Waals surface area contributed by atoms with Crippen LogP contribution in [0.15, 0.2) is 40.9 Å². The summed E-state index contributed by atoms with van der Waals surface area (Å²) >= 11 is 11.2. The smallest absolute Gasteiger partial charge is 0.172 e. The molecule has 6 heteroatoms. The predicted octanol–water partition coefficient (Wildman–Crippen LogP) is 5.51. The van der Waals surface area contributed by atoms with Crippen LogP contribution >= 0.6 is 38.9 Å². The average Bonchev–Trinajstić information content (AvgIpc) is 2.94. The van der Waals surface area contributed by atoms with Crippen LogP contribution in [0.4, 0.5) is 0 Å². The number of hydrogen-bond acceptors (Lipinski definition) is 4. The maximum atomic E-state index is 9.83. The summed E-state index contributed by atoms with van der Waals surface area (Å²) < 4.78 is 6.78. The van der Waals surface area contributed by atoms with Gasteiger partial charge in [0.15, 0.2) is 11.5 Å². The van der Waals surface area contributed by atoms with Crippen molar-refractivity contribution in [1.29, 1.82) is 0 Å². The highest BCUT2D eigenvalue weighted by Crippen LogP contribution is 2.37. The van der Waals surface area contributed by atoms with Gasteiger partial charge in [0.1, 0.15) is 5.01 Å². The second-order valence-electron chi connectivity index (χ2n) is 4.53. The number of thiazole rings is 1. The van der Waals surface area contributed by atoms with Crippen molar-refractivity contribution in [2.24, 2.45) is 0 Å². The van der Waals surface area contributed by atoms with E-state index in [0.29, 0.717) is 15.3 Å². The first-order valence-corrected chi connectivity index (χ1v) is 8.37. The number of aromatic hydroxyl groups is 1. The Kier molecular flexibility index (Phi) is 4.38. The molecular weight excluding hydrogens is 386 g/mol. The minimum Gasteiger partial charge on any atom is -0.503 e. The Labute approximate surface area is 145 Å². The van der Waals surface area contributed by atoms with Gasteiger partial charge in [0, 0.05) is 0 Å². The fraction of sp³-hybridized carbons (Fsp3) is 0.0625. The lowest BCUT2D eigenvalue weighted by molar-refractivity contribution is 0.372. The Morgan fingerprint density at radius 1 is 1.36 bits per heavy atom. The van der Waals surface area contributed by atoms with Crippen molar-refractivity contribution in [2.75, 3.05) is 7.11 Å². The number of nitrogens with zero attached hydrogens (tertiary/aromatic N) is 1. The molecule has 3 nitrogen and oxygen atoms in total. The van der Waals surface area contributed by atoms with Gasteiger partial charge < -0.3 is 9.84 Å². The van der Waals surface area contributed by atoms with Gasteiger partial charge in [0.2, 0.25) is 0 Å². The Hall–Kier alpha value is -1.56. The fourth-order valence-electron chi connectivity index (χ4n) is 2.02. The van der Waals surface area contributed by atoms with Gasteiger partial charge in [-0.2, -0.15) is 0 Å². The molecule has 112 valence electrons. The van der Waals surface area contributed by atoms with Crippen molar-refractivity contribution >= 4 is 60.2 Å². The second-order valence-corrected chi connectivity index (χ2v) is 6.82. The van der Waals surface area contributed by atoms with E-state index < -0.39 is 0 Å². The molecule has 0 atom stereocenters. The number of fused-ring (bicyclic) bond motifs is 1. The lowest BCUT2D eigenvalue weighted by atomic mass is 10.2. The summed E-state index contributed by atoms with van der Waals surface area (Å²) in [7, 11) is 1.50. The Balaban J connectivity index is 2.02. The number of ether oxygens (including phenoxy) is 1. The van der Waals surface area contributed by atoms with E-state index in [0.717, 1.165) is 20.8 Å². The van der Waals surface area contributed by atoms with Crippen molar-refractivity contribution in [3.05, 3.63) is 51.4 Å². The molecule has 0 aliphatic heterocycles. The summed E-state index contributed by atoms with van der Waals surface area (Å²) in [5.74, 6) is 0.449. The summed E-state index contributed by atoms with van der Waals surface area (Å²) in [6.45, 7) is 0. The van der Waals surface area contributed by atoms with E-state index in [1.165, 1.54) is 18.4 Å². The van der Waals surface area contributed by atoms with E-state index in [1.54, 1.807) is 18.2 Å². The van der Waals surface area contributed by atoms with E-state index in [1.807, 2.05) is 24.3 Å². The maximum Gasteiger partial charge on any atom is 0.172 e. The molecule has 1 aromatic heterocycles. The molecule has 0 fully saturated rings. The second kappa shape index (κ2) is 6.28. The largest absolute Gasteiger partial charge is 0.503 e. The molecule has 1 N–H and O–H groups in total. The molecule has 3 rings (SSSR count). The van der Waals surface area contributed by atoms with Crippen molar-refractivity contribution in [1.82, 2.24) is 4.98 Å². The summed E-state index contributed by atoms with van der Waals surface area (Å²) in [5, 5.41) is 11.1. The van der Waals surface area contributed by atoms with Crippen LogP contribution in [0.25, 0.3) is 21.3 Å². The zero-order valence-corrected chi connectivity index (χ0v) is 14.7. The number of halogens is 2. The minimum atomic E-state index is 0.0655. The molecule has 0 aliphatic rings. The molecule has 0 spiro atoms. The monoisotopic (exact) mass is 395 g/mol. The van der Waals surface area contributed by atoms with Crippen molar-refractivity contribution < 1.29 is 9.84 Å². The summed E-state index contributed by atoms with van der Waals surface area (Å²) in [6.07, 6.45) is 1.80. The van der Waals surface area contributed by atoms with Gasteiger partial charge in [-0.15, -0.1) is 11.3 Å². The molecule has 3 aromatic rings. The molecule has 0 radical (unpaired) electrons. The minimum absolute atomic E-state index is 0.0655.